The Hall–Kier alpha value is -3.39. The number of hydrogen-bond acceptors (Lipinski definition) is 5. The van der Waals surface area contributed by atoms with E-state index >= 15 is 0 Å². The van der Waals surface area contributed by atoms with Gasteiger partial charge in [-0.2, -0.15) is 0 Å². The number of aryl methyl sites for hydroxylation is 2. The number of ether oxygens (including phenoxy) is 2. The molecule has 3 N–H and O–H groups in total. The van der Waals surface area contributed by atoms with Crippen molar-refractivity contribution in [3.63, 3.8) is 0 Å². The topological polar surface area (TPSA) is 114 Å². The Morgan fingerprint density at radius 1 is 1.18 bits per heavy atom. The average Bonchev–Trinajstić information content (AvgIpc) is 3.07. The second-order valence-electron chi connectivity index (χ2n) is 6.40. The predicted molar refractivity (Wildman–Crippen MR) is 104 cm³/mol. The SMILES string of the molecule is COCc1nc2c(OC)ccc(C(=O)Nc3c(C)cc(C(=O)O)cc3C)c2[nH]1. The van der Waals surface area contributed by atoms with Crippen LogP contribution >= 0.6 is 0 Å². The highest BCUT2D eigenvalue weighted by molar-refractivity contribution is 6.13. The quantitative estimate of drug-likeness (QED) is 0.602. The lowest BCUT2D eigenvalue weighted by atomic mass is 10.0. The second kappa shape index (κ2) is 7.69. The lowest BCUT2D eigenvalue weighted by Gasteiger charge is -2.13. The molecule has 0 aliphatic carbocycles. The number of amides is 1. The molecule has 0 atom stereocenters. The number of nitrogens with one attached hydrogen (secondary N) is 2. The fourth-order valence-electron chi connectivity index (χ4n) is 3.14. The van der Waals surface area contributed by atoms with Gasteiger partial charge in [0.25, 0.3) is 5.91 Å². The van der Waals surface area contributed by atoms with Gasteiger partial charge in [-0.25, -0.2) is 9.78 Å². The number of carbonyl (C=O) groups is 2. The summed E-state index contributed by atoms with van der Waals surface area (Å²) in [5, 5.41) is 12.1. The summed E-state index contributed by atoms with van der Waals surface area (Å²) in [6.45, 7) is 3.78. The summed E-state index contributed by atoms with van der Waals surface area (Å²) in [6.07, 6.45) is 0. The van der Waals surface area contributed by atoms with Crippen LogP contribution in [0.25, 0.3) is 11.0 Å². The van der Waals surface area contributed by atoms with Crippen LogP contribution in [0.4, 0.5) is 5.69 Å². The number of benzene rings is 2. The first-order valence-electron chi connectivity index (χ1n) is 8.56. The molecule has 3 rings (SSSR count). The second-order valence-corrected chi connectivity index (χ2v) is 6.40. The number of imidazole rings is 1. The highest BCUT2D eigenvalue weighted by atomic mass is 16.5. The summed E-state index contributed by atoms with van der Waals surface area (Å²) in [7, 11) is 3.10. The van der Waals surface area contributed by atoms with Gasteiger partial charge in [0.05, 0.1) is 23.8 Å². The summed E-state index contributed by atoms with van der Waals surface area (Å²) < 4.78 is 10.4. The number of H-pyrrole nitrogens is 1. The van der Waals surface area contributed by atoms with Crippen LogP contribution in [0.15, 0.2) is 24.3 Å². The van der Waals surface area contributed by atoms with Crippen LogP contribution in [0.2, 0.25) is 0 Å². The first kappa shape index (κ1) is 19.4. The molecule has 0 bridgehead atoms. The molecule has 0 radical (unpaired) electrons. The fraction of sp³-hybridized carbons (Fsp3) is 0.250. The van der Waals surface area contributed by atoms with Crippen molar-refractivity contribution in [3.05, 3.63) is 52.3 Å². The van der Waals surface area contributed by atoms with E-state index in [4.69, 9.17) is 9.47 Å². The molecule has 1 amide bonds. The summed E-state index contributed by atoms with van der Waals surface area (Å²) in [4.78, 5) is 31.7. The molecule has 3 aromatic rings. The highest BCUT2D eigenvalue weighted by Gasteiger charge is 2.19. The lowest BCUT2D eigenvalue weighted by Crippen LogP contribution is -2.15. The number of aromatic amines is 1. The summed E-state index contributed by atoms with van der Waals surface area (Å²) in [5.74, 6) is -0.226. The van der Waals surface area contributed by atoms with Crippen LogP contribution in [0.1, 0.15) is 37.7 Å². The number of aromatic carboxylic acids is 1. The zero-order valence-electron chi connectivity index (χ0n) is 16.0. The van der Waals surface area contributed by atoms with E-state index < -0.39 is 5.97 Å². The number of methoxy groups -OCH3 is 2. The molecule has 0 spiro atoms. The fourth-order valence-corrected chi connectivity index (χ4v) is 3.14. The standard InChI is InChI=1S/C20H21N3O5/c1-10-7-12(20(25)26)8-11(2)16(10)23-19(24)13-5-6-14(28-4)18-17(13)21-15(22-18)9-27-3/h5-8H,9H2,1-4H3,(H,21,22)(H,23,24)(H,25,26). The molecule has 0 fully saturated rings. The van der Waals surface area contributed by atoms with Crippen molar-refractivity contribution in [2.45, 2.75) is 20.5 Å². The maximum atomic E-state index is 13.0. The molecule has 0 saturated heterocycles. The van der Waals surface area contributed by atoms with E-state index in [0.717, 1.165) is 0 Å². The van der Waals surface area contributed by atoms with Gasteiger partial charge >= 0.3 is 5.97 Å². The number of fused-ring (bicyclic) bond motifs is 1. The Balaban J connectivity index is 2.02. The highest BCUT2D eigenvalue weighted by Crippen LogP contribution is 2.29. The van der Waals surface area contributed by atoms with Crippen LogP contribution in [-0.2, 0) is 11.3 Å². The van der Waals surface area contributed by atoms with Crippen molar-refractivity contribution in [1.29, 1.82) is 0 Å². The number of carboxylic acid groups (broad SMARTS) is 1. The van der Waals surface area contributed by atoms with Gasteiger partial charge in [0.1, 0.15) is 23.7 Å². The molecule has 0 aliphatic heterocycles. The third-order valence-corrected chi connectivity index (χ3v) is 4.42. The normalized spacial score (nSPS) is 10.9. The maximum Gasteiger partial charge on any atom is 0.335 e. The molecule has 0 aliphatic rings. The predicted octanol–water partition coefficient (Wildman–Crippen LogP) is 3.29. The minimum atomic E-state index is -1.01. The van der Waals surface area contributed by atoms with Gasteiger partial charge in [-0.15, -0.1) is 0 Å². The first-order valence-corrected chi connectivity index (χ1v) is 8.56. The van der Waals surface area contributed by atoms with E-state index in [9.17, 15) is 14.7 Å². The van der Waals surface area contributed by atoms with Crippen LogP contribution in [0, 0.1) is 13.8 Å². The number of carboxylic acids is 1. The van der Waals surface area contributed by atoms with Crippen molar-refractivity contribution in [2.24, 2.45) is 0 Å². The summed E-state index contributed by atoms with van der Waals surface area (Å²) >= 11 is 0. The third-order valence-electron chi connectivity index (χ3n) is 4.42. The van der Waals surface area contributed by atoms with Gasteiger partial charge in [-0.05, 0) is 49.2 Å². The van der Waals surface area contributed by atoms with Crippen molar-refractivity contribution >= 4 is 28.6 Å². The minimum Gasteiger partial charge on any atom is -0.494 e. The largest absolute Gasteiger partial charge is 0.494 e. The Labute approximate surface area is 161 Å². The van der Waals surface area contributed by atoms with Gasteiger partial charge in [0.15, 0.2) is 0 Å². The van der Waals surface area contributed by atoms with Crippen LogP contribution < -0.4 is 10.1 Å². The van der Waals surface area contributed by atoms with Crippen molar-refractivity contribution in [2.75, 3.05) is 19.5 Å². The molecule has 146 valence electrons. The van der Waals surface area contributed by atoms with E-state index in [0.29, 0.717) is 45.0 Å². The minimum absolute atomic E-state index is 0.178. The smallest absolute Gasteiger partial charge is 0.335 e. The third kappa shape index (κ3) is 3.54. The van der Waals surface area contributed by atoms with Crippen molar-refractivity contribution in [3.8, 4) is 5.75 Å². The number of aromatic nitrogens is 2. The Kier molecular flexibility index (Phi) is 5.32. The maximum absolute atomic E-state index is 13.0. The molecule has 0 unspecified atom stereocenters. The van der Waals surface area contributed by atoms with Crippen LogP contribution in [0.5, 0.6) is 5.75 Å². The number of anilines is 1. The molecule has 0 saturated carbocycles. The zero-order chi connectivity index (χ0) is 20.4. The molecule has 8 heteroatoms. The number of carbonyl (C=O) groups excluding carboxylic acids is 1. The van der Waals surface area contributed by atoms with Crippen LogP contribution in [0.3, 0.4) is 0 Å². The molecule has 28 heavy (non-hydrogen) atoms. The Bertz CT molecular complexity index is 1050. The average molecular weight is 383 g/mol. The van der Waals surface area contributed by atoms with Crippen molar-refractivity contribution < 1.29 is 24.2 Å². The van der Waals surface area contributed by atoms with E-state index in [1.165, 1.54) is 19.2 Å². The van der Waals surface area contributed by atoms with E-state index in [1.54, 1.807) is 33.1 Å². The van der Waals surface area contributed by atoms with Crippen molar-refractivity contribution in [1.82, 2.24) is 9.97 Å². The molecule has 8 nitrogen and oxygen atoms in total. The summed E-state index contributed by atoms with van der Waals surface area (Å²) in [6, 6.07) is 6.40. The van der Waals surface area contributed by atoms with Gasteiger partial charge in [0.2, 0.25) is 0 Å². The van der Waals surface area contributed by atoms with Gasteiger partial charge in [0, 0.05) is 12.8 Å². The molecule has 1 aromatic heterocycles. The summed E-state index contributed by atoms with van der Waals surface area (Å²) in [5.41, 5.74) is 3.57. The number of rotatable bonds is 6. The Morgan fingerprint density at radius 3 is 2.43 bits per heavy atom. The van der Waals surface area contributed by atoms with Crippen LogP contribution in [-0.4, -0.2) is 41.2 Å². The Morgan fingerprint density at radius 2 is 1.86 bits per heavy atom. The molecule has 1 heterocycles. The van der Waals surface area contributed by atoms with E-state index in [1.807, 2.05) is 0 Å². The number of hydrogen-bond donors (Lipinski definition) is 3. The van der Waals surface area contributed by atoms with Gasteiger partial charge < -0.3 is 24.9 Å². The van der Waals surface area contributed by atoms with Gasteiger partial charge in [-0.3, -0.25) is 4.79 Å². The zero-order valence-corrected chi connectivity index (χ0v) is 16.0. The molecular formula is C20H21N3O5. The van der Waals surface area contributed by atoms with E-state index in [-0.39, 0.29) is 18.1 Å². The molecular weight excluding hydrogens is 362 g/mol. The number of nitrogens with zero attached hydrogens (tertiary/aromatic N) is 1. The molecule has 2 aromatic carbocycles. The lowest BCUT2D eigenvalue weighted by molar-refractivity contribution is 0.0696. The monoisotopic (exact) mass is 383 g/mol. The van der Waals surface area contributed by atoms with E-state index in [2.05, 4.69) is 15.3 Å². The first-order chi connectivity index (χ1) is 13.3. The van der Waals surface area contributed by atoms with Gasteiger partial charge in [-0.1, -0.05) is 0 Å².